The molecule has 128 valence electrons. The molecule has 2 saturated heterocycles. The fraction of sp³-hybridized carbons (Fsp3) is 0.737. The lowest BCUT2D eigenvalue weighted by atomic mass is 10.00. The monoisotopic (exact) mass is 318 g/mol. The average molecular weight is 318 g/mol. The molecule has 0 saturated carbocycles. The summed E-state index contributed by atoms with van der Waals surface area (Å²) in [6.07, 6.45) is 8.05. The van der Waals surface area contributed by atoms with Crippen molar-refractivity contribution in [1.82, 2.24) is 9.80 Å². The van der Waals surface area contributed by atoms with Crippen LogP contribution in [0, 0.1) is 0 Å². The number of nitrogens with zero attached hydrogens (tertiary/aromatic N) is 2. The van der Waals surface area contributed by atoms with Crippen molar-refractivity contribution in [2.75, 3.05) is 26.2 Å². The number of carbonyl (C=O) groups is 1. The van der Waals surface area contributed by atoms with Crippen molar-refractivity contribution in [1.29, 1.82) is 0 Å². The molecule has 1 aromatic rings. The zero-order chi connectivity index (χ0) is 16.2. The van der Waals surface area contributed by atoms with Gasteiger partial charge in [-0.2, -0.15) is 0 Å². The summed E-state index contributed by atoms with van der Waals surface area (Å²) in [5, 5.41) is 0. The smallest absolute Gasteiger partial charge is 0.289 e. The van der Waals surface area contributed by atoms with Gasteiger partial charge in [0.05, 0.1) is 0 Å². The zero-order valence-corrected chi connectivity index (χ0v) is 14.6. The topological polar surface area (TPSA) is 36.7 Å². The Labute approximate surface area is 139 Å². The largest absolute Gasteiger partial charge is 0.456 e. The van der Waals surface area contributed by atoms with Crippen LogP contribution in [0.25, 0.3) is 0 Å². The second kappa shape index (κ2) is 7.52. The van der Waals surface area contributed by atoms with Crippen LogP contribution in [0.4, 0.5) is 0 Å². The van der Waals surface area contributed by atoms with E-state index in [4.69, 9.17) is 4.42 Å². The number of carbonyl (C=O) groups excluding carboxylic acids is 1. The second-order valence-electron chi connectivity index (χ2n) is 6.89. The SMILES string of the molecule is CCc1cc(C(=O)N2CCC(N3CCCCC3)CC2)oc1CC. The normalized spacial score (nSPS) is 20.9. The van der Waals surface area contributed by atoms with Crippen LogP contribution in [-0.2, 0) is 12.8 Å². The van der Waals surface area contributed by atoms with Crippen molar-refractivity contribution in [3.05, 3.63) is 23.2 Å². The summed E-state index contributed by atoms with van der Waals surface area (Å²) in [7, 11) is 0. The molecule has 0 aromatic carbocycles. The molecule has 3 heterocycles. The van der Waals surface area contributed by atoms with Crippen LogP contribution >= 0.6 is 0 Å². The van der Waals surface area contributed by atoms with E-state index in [0.29, 0.717) is 11.8 Å². The summed E-state index contributed by atoms with van der Waals surface area (Å²) in [6.45, 7) is 8.42. The third kappa shape index (κ3) is 3.63. The molecule has 0 spiro atoms. The minimum absolute atomic E-state index is 0.0801. The van der Waals surface area contributed by atoms with Crippen LogP contribution in [0.2, 0.25) is 0 Å². The third-order valence-corrected chi connectivity index (χ3v) is 5.47. The van der Waals surface area contributed by atoms with Gasteiger partial charge in [0.1, 0.15) is 5.76 Å². The first-order valence-corrected chi connectivity index (χ1v) is 9.37. The highest BCUT2D eigenvalue weighted by atomic mass is 16.4. The first-order chi connectivity index (χ1) is 11.2. The molecule has 2 aliphatic rings. The van der Waals surface area contributed by atoms with E-state index in [1.54, 1.807) is 0 Å². The number of hydrogen-bond acceptors (Lipinski definition) is 3. The summed E-state index contributed by atoms with van der Waals surface area (Å²) in [4.78, 5) is 17.3. The highest BCUT2D eigenvalue weighted by Gasteiger charge is 2.29. The van der Waals surface area contributed by atoms with Crippen molar-refractivity contribution >= 4 is 5.91 Å². The lowest BCUT2D eigenvalue weighted by Gasteiger charge is -2.40. The van der Waals surface area contributed by atoms with Gasteiger partial charge in [-0.25, -0.2) is 0 Å². The number of aryl methyl sites for hydroxylation is 2. The first kappa shape index (κ1) is 16.6. The van der Waals surface area contributed by atoms with Gasteiger partial charge >= 0.3 is 0 Å². The zero-order valence-electron chi connectivity index (χ0n) is 14.6. The van der Waals surface area contributed by atoms with Crippen molar-refractivity contribution in [3.8, 4) is 0 Å². The van der Waals surface area contributed by atoms with Gasteiger partial charge in [0.2, 0.25) is 0 Å². The minimum atomic E-state index is 0.0801. The molecule has 0 unspecified atom stereocenters. The molecule has 23 heavy (non-hydrogen) atoms. The lowest BCUT2D eigenvalue weighted by Crippen LogP contribution is -2.48. The van der Waals surface area contributed by atoms with E-state index in [1.807, 2.05) is 11.0 Å². The van der Waals surface area contributed by atoms with Gasteiger partial charge in [-0.05, 0) is 56.8 Å². The van der Waals surface area contributed by atoms with Crippen molar-refractivity contribution in [2.45, 2.75) is 64.8 Å². The van der Waals surface area contributed by atoms with E-state index in [2.05, 4.69) is 18.7 Å². The third-order valence-electron chi connectivity index (χ3n) is 5.47. The average Bonchev–Trinajstić information content (AvgIpc) is 3.05. The van der Waals surface area contributed by atoms with Gasteiger partial charge < -0.3 is 14.2 Å². The molecule has 0 atom stereocenters. The molecule has 1 amide bonds. The molecule has 0 radical (unpaired) electrons. The van der Waals surface area contributed by atoms with E-state index < -0.39 is 0 Å². The number of furan rings is 1. The van der Waals surface area contributed by atoms with Crippen LogP contribution < -0.4 is 0 Å². The van der Waals surface area contributed by atoms with Gasteiger partial charge in [0.25, 0.3) is 5.91 Å². The Morgan fingerprint density at radius 1 is 1.09 bits per heavy atom. The maximum Gasteiger partial charge on any atom is 0.289 e. The Morgan fingerprint density at radius 3 is 2.35 bits per heavy atom. The molecular weight excluding hydrogens is 288 g/mol. The van der Waals surface area contributed by atoms with E-state index in [1.165, 1.54) is 37.9 Å². The fourth-order valence-electron chi connectivity index (χ4n) is 4.04. The molecule has 0 aliphatic carbocycles. The van der Waals surface area contributed by atoms with Crippen molar-refractivity contribution in [3.63, 3.8) is 0 Å². The summed E-state index contributed by atoms with van der Waals surface area (Å²) in [5.41, 5.74) is 1.18. The van der Waals surface area contributed by atoms with Crippen LogP contribution in [-0.4, -0.2) is 47.9 Å². The van der Waals surface area contributed by atoms with E-state index >= 15 is 0 Å². The molecule has 0 bridgehead atoms. The van der Waals surface area contributed by atoms with Crippen LogP contribution in [0.3, 0.4) is 0 Å². The van der Waals surface area contributed by atoms with Crippen molar-refractivity contribution in [2.24, 2.45) is 0 Å². The van der Waals surface area contributed by atoms with Gasteiger partial charge in [0.15, 0.2) is 5.76 Å². The van der Waals surface area contributed by atoms with Gasteiger partial charge in [-0.3, -0.25) is 4.79 Å². The second-order valence-corrected chi connectivity index (χ2v) is 6.89. The summed E-state index contributed by atoms with van der Waals surface area (Å²) < 4.78 is 5.81. The minimum Gasteiger partial charge on any atom is -0.456 e. The van der Waals surface area contributed by atoms with E-state index in [0.717, 1.165) is 44.5 Å². The molecular formula is C19H30N2O2. The van der Waals surface area contributed by atoms with Crippen LogP contribution in [0.5, 0.6) is 0 Å². The Bertz CT molecular complexity index is 502. The Balaban J connectivity index is 1.58. The van der Waals surface area contributed by atoms with Crippen LogP contribution in [0.1, 0.15) is 67.8 Å². The number of amides is 1. The van der Waals surface area contributed by atoms with Crippen molar-refractivity contribution < 1.29 is 9.21 Å². The predicted octanol–water partition coefficient (Wildman–Crippen LogP) is 3.49. The molecule has 4 heteroatoms. The summed E-state index contributed by atoms with van der Waals surface area (Å²) in [6, 6.07) is 2.63. The molecule has 0 N–H and O–H groups in total. The first-order valence-electron chi connectivity index (χ1n) is 9.37. The summed E-state index contributed by atoms with van der Waals surface area (Å²) >= 11 is 0. The quantitative estimate of drug-likeness (QED) is 0.852. The molecule has 2 fully saturated rings. The number of hydrogen-bond donors (Lipinski definition) is 0. The Morgan fingerprint density at radius 2 is 1.78 bits per heavy atom. The number of piperidine rings is 2. The highest BCUT2D eigenvalue weighted by molar-refractivity contribution is 5.91. The number of likely N-dealkylation sites (tertiary alicyclic amines) is 2. The van der Waals surface area contributed by atoms with Crippen LogP contribution in [0.15, 0.2) is 10.5 Å². The van der Waals surface area contributed by atoms with Gasteiger partial charge in [-0.15, -0.1) is 0 Å². The Hall–Kier alpha value is -1.29. The lowest BCUT2D eigenvalue weighted by molar-refractivity contribution is 0.0561. The molecule has 1 aromatic heterocycles. The van der Waals surface area contributed by atoms with E-state index in [9.17, 15) is 4.79 Å². The maximum atomic E-state index is 12.7. The van der Waals surface area contributed by atoms with Gasteiger partial charge in [0, 0.05) is 25.6 Å². The standard InChI is InChI=1S/C19H30N2O2/c1-3-15-14-18(23-17(15)4-2)19(22)21-12-8-16(9-13-21)20-10-6-5-7-11-20/h14,16H,3-13H2,1-2H3. The highest BCUT2D eigenvalue weighted by Crippen LogP contribution is 2.23. The maximum absolute atomic E-state index is 12.7. The Kier molecular flexibility index (Phi) is 5.42. The number of rotatable bonds is 4. The molecule has 4 nitrogen and oxygen atoms in total. The molecule has 2 aliphatic heterocycles. The summed E-state index contributed by atoms with van der Waals surface area (Å²) in [5.74, 6) is 1.59. The fourth-order valence-corrected chi connectivity index (χ4v) is 4.04. The molecule has 3 rings (SSSR count). The predicted molar refractivity (Wildman–Crippen MR) is 91.8 cm³/mol. The van der Waals surface area contributed by atoms with E-state index in [-0.39, 0.29) is 5.91 Å². The van der Waals surface area contributed by atoms with Gasteiger partial charge in [-0.1, -0.05) is 20.3 Å².